The molecule has 136 valence electrons. The number of rotatable bonds is 6. The zero-order valence-electron chi connectivity index (χ0n) is 14.9. The van der Waals surface area contributed by atoms with E-state index in [0.717, 1.165) is 31.0 Å². The zero-order chi connectivity index (χ0) is 18.4. The van der Waals surface area contributed by atoms with Gasteiger partial charge >= 0.3 is 0 Å². The van der Waals surface area contributed by atoms with E-state index in [1.165, 1.54) is 11.3 Å². The molecule has 0 aromatic heterocycles. The van der Waals surface area contributed by atoms with Crippen molar-refractivity contribution in [1.82, 2.24) is 5.32 Å². The molecule has 3 N–H and O–H groups in total. The number of hydrogen-bond donors (Lipinski definition) is 2. The molecule has 0 atom stereocenters. The maximum Gasteiger partial charge on any atom is 0.255 e. The molecule has 0 saturated carbocycles. The second-order valence-electron chi connectivity index (χ2n) is 6.10. The number of amides is 1. The number of aliphatic imine (C=N–C) groups is 1. The summed E-state index contributed by atoms with van der Waals surface area (Å²) >= 11 is 0. The van der Waals surface area contributed by atoms with Crippen LogP contribution in [0.15, 0.2) is 53.5 Å². The van der Waals surface area contributed by atoms with Crippen LogP contribution < -0.4 is 20.7 Å². The number of anilines is 1. The molecule has 1 heterocycles. The molecule has 1 amide bonds. The molecule has 1 aliphatic rings. The number of nitrogens with zero attached hydrogens (tertiary/aromatic N) is 2. The van der Waals surface area contributed by atoms with E-state index in [1.54, 1.807) is 6.07 Å². The van der Waals surface area contributed by atoms with E-state index in [-0.39, 0.29) is 6.61 Å². The van der Waals surface area contributed by atoms with E-state index in [9.17, 15) is 4.79 Å². The van der Waals surface area contributed by atoms with Gasteiger partial charge in [-0.3, -0.25) is 4.79 Å². The molecule has 2 aromatic rings. The minimum absolute atomic E-state index is 0.125. The third-order valence-electron chi connectivity index (χ3n) is 4.17. The van der Waals surface area contributed by atoms with Crippen molar-refractivity contribution in [3.63, 3.8) is 0 Å². The van der Waals surface area contributed by atoms with Crippen LogP contribution in [0.3, 0.4) is 0 Å². The average Bonchev–Trinajstić information content (AvgIpc) is 3.08. The predicted molar refractivity (Wildman–Crippen MR) is 103 cm³/mol. The van der Waals surface area contributed by atoms with Crippen LogP contribution in [0.2, 0.25) is 0 Å². The van der Waals surface area contributed by atoms with Gasteiger partial charge in [-0.2, -0.15) is 0 Å². The number of carbonyl (C=O) groups excluding carboxylic acids is 1. The van der Waals surface area contributed by atoms with Crippen molar-refractivity contribution in [3.05, 3.63) is 59.7 Å². The monoisotopic (exact) mass is 352 g/mol. The number of para-hydroxylation sites is 1. The summed E-state index contributed by atoms with van der Waals surface area (Å²) in [5.74, 6) is 1.00. The Morgan fingerprint density at radius 1 is 1.27 bits per heavy atom. The average molecular weight is 352 g/mol. The highest BCUT2D eigenvalue weighted by atomic mass is 16.5. The van der Waals surface area contributed by atoms with Gasteiger partial charge in [0.15, 0.2) is 12.6 Å². The van der Waals surface area contributed by atoms with Gasteiger partial charge in [0, 0.05) is 18.8 Å². The fourth-order valence-electron chi connectivity index (χ4n) is 3.01. The Morgan fingerprint density at radius 2 is 2.12 bits per heavy atom. The van der Waals surface area contributed by atoms with Gasteiger partial charge in [-0.15, -0.1) is 0 Å². The molecule has 0 saturated heterocycles. The van der Waals surface area contributed by atoms with Gasteiger partial charge in [0.05, 0.1) is 6.54 Å². The Bertz CT molecular complexity index is 804. The van der Waals surface area contributed by atoms with Crippen molar-refractivity contribution in [2.75, 3.05) is 24.6 Å². The summed E-state index contributed by atoms with van der Waals surface area (Å²) in [6, 6.07) is 16.0. The van der Waals surface area contributed by atoms with Crippen molar-refractivity contribution >= 4 is 17.6 Å². The summed E-state index contributed by atoms with van der Waals surface area (Å²) in [4.78, 5) is 17.9. The number of primary amides is 1. The second kappa shape index (κ2) is 8.38. The molecule has 0 radical (unpaired) electrons. The van der Waals surface area contributed by atoms with Crippen molar-refractivity contribution in [2.24, 2.45) is 10.7 Å². The largest absolute Gasteiger partial charge is 0.484 e. The van der Waals surface area contributed by atoms with Gasteiger partial charge < -0.3 is 20.7 Å². The smallest absolute Gasteiger partial charge is 0.255 e. The normalized spacial score (nSPS) is 13.4. The molecule has 0 fully saturated rings. The first kappa shape index (κ1) is 17.8. The van der Waals surface area contributed by atoms with E-state index in [1.807, 2.05) is 18.2 Å². The van der Waals surface area contributed by atoms with Gasteiger partial charge in [0.25, 0.3) is 5.91 Å². The molecular formula is C20H24N4O2. The Kier molecular flexibility index (Phi) is 5.73. The molecule has 6 heteroatoms. The Morgan fingerprint density at radius 3 is 2.92 bits per heavy atom. The van der Waals surface area contributed by atoms with Gasteiger partial charge in [-0.1, -0.05) is 30.3 Å². The quantitative estimate of drug-likeness (QED) is 0.616. The van der Waals surface area contributed by atoms with E-state index >= 15 is 0 Å². The lowest BCUT2D eigenvalue weighted by Gasteiger charge is -2.22. The van der Waals surface area contributed by atoms with Crippen LogP contribution in [0.1, 0.15) is 18.1 Å². The molecule has 3 rings (SSSR count). The lowest BCUT2D eigenvalue weighted by molar-refractivity contribution is -0.119. The first-order valence-corrected chi connectivity index (χ1v) is 8.81. The highest BCUT2D eigenvalue weighted by Crippen LogP contribution is 2.27. The minimum Gasteiger partial charge on any atom is -0.484 e. The van der Waals surface area contributed by atoms with Gasteiger partial charge in [0.2, 0.25) is 0 Å². The van der Waals surface area contributed by atoms with Gasteiger partial charge in [-0.25, -0.2) is 4.99 Å². The van der Waals surface area contributed by atoms with Crippen molar-refractivity contribution in [1.29, 1.82) is 0 Å². The lowest BCUT2D eigenvalue weighted by atomic mass is 10.2. The Labute approximate surface area is 153 Å². The van der Waals surface area contributed by atoms with Crippen LogP contribution >= 0.6 is 0 Å². The number of ether oxygens (including phenoxy) is 1. The van der Waals surface area contributed by atoms with Gasteiger partial charge in [-0.05, 0) is 42.7 Å². The Hall–Kier alpha value is -3.02. The fraction of sp³-hybridized carbons (Fsp3) is 0.300. The number of carbonyl (C=O) groups is 1. The fourth-order valence-corrected chi connectivity index (χ4v) is 3.01. The number of nitrogens with two attached hydrogens (primary N) is 1. The first-order chi connectivity index (χ1) is 12.7. The van der Waals surface area contributed by atoms with E-state index in [4.69, 9.17) is 15.5 Å². The molecule has 0 unspecified atom stereocenters. The standard InChI is InChI=1S/C20H24N4O2/c1-2-22-20(24-11-10-16-7-3-4-9-18(16)24)23-13-15-6-5-8-17(12-15)26-14-19(21)25/h3-9,12H,2,10-11,13-14H2,1H3,(H2,21,25)(H,22,23). The van der Waals surface area contributed by atoms with Gasteiger partial charge in [0.1, 0.15) is 5.75 Å². The maximum atomic E-state index is 10.9. The maximum absolute atomic E-state index is 10.9. The number of benzene rings is 2. The van der Waals surface area contributed by atoms with Crippen LogP contribution in [-0.2, 0) is 17.8 Å². The van der Waals surface area contributed by atoms with Crippen LogP contribution in [0, 0.1) is 0 Å². The van der Waals surface area contributed by atoms with Crippen LogP contribution in [0.4, 0.5) is 5.69 Å². The third kappa shape index (κ3) is 4.33. The number of hydrogen-bond acceptors (Lipinski definition) is 3. The summed E-state index contributed by atoms with van der Waals surface area (Å²) < 4.78 is 5.36. The molecule has 6 nitrogen and oxygen atoms in total. The number of nitrogens with one attached hydrogen (secondary N) is 1. The van der Waals surface area contributed by atoms with Crippen molar-refractivity contribution in [2.45, 2.75) is 19.9 Å². The summed E-state index contributed by atoms with van der Waals surface area (Å²) in [5, 5.41) is 3.37. The highest BCUT2D eigenvalue weighted by Gasteiger charge is 2.22. The molecule has 26 heavy (non-hydrogen) atoms. The minimum atomic E-state index is -0.490. The molecular weight excluding hydrogens is 328 g/mol. The molecule has 1 aliphatic heterocycles. The predicted octanol–water partition coefficient (Wildman–Crippen LogP) is 2.08. The number of fused-ring (bicyclic) bond motifs is 1. The topological polar surface area (TPSA) is 80.0 Å². The molecule has 0 spiro atoms. The molecule has 0 bridgehead atoms. The number of guanidine groups is 1. The SMILES string of the molecule is CCNC(=NCc1cccc(OCC(N)=O)c1)N1CCc2ccccc21. The summed E-state index contributed by atoms with van der Waals surface area (Å²) in [6.45, 7) is 4.19. The lowest BCUT2D eigenvalue weighted by Crippen LogP contribution is -2.40. The van der Waals surface area contributed by atoms with E-state index in [2.05, 4.69) is 41.4 Å². The van der Waals surface area contributed by atoms with Crippen LogP contribution in [0.5, 0.6) is 5.75 Å². The molecule has 2 aromatic carbocycles. The first-order valence-electron chi connectivity index (χ1n) is 8.81. The van der Waals surface area contributed by atoms with Crippen LogP contribution in [-0.4, -0.2) is 31.6 Å². The van der Waals surface area contributed by atoms with E-state index < -0.39 is 5.91 Å². The summed E-state index contributed by atoms with van der Waals surface area (Å²) in [5.41, 5.74) is 8.69. The summed E-state index contributed by atoms with van der Waals surface area (Å²) in [6.07, 6.45) is 1.02. The third-order valence-corrected chi connectivity index (χ3v) is 4.17. The van der Waals surface area contributed by atoms with Crippen LogP contribution in [0.25, 0.3) is 0 Å². The van der Waals surface area contributed by atoms with Crippen molar-refractivity contribution in [3.8, 4) is 5.75 Å². The molecule has 0 aliphatic carbocycles. The summed E-state index contributed by atoms with van der Waals surface area (Å²) in [7, 11) is 0. The Balaban J connectivity index is 1.74. The second-order valence-corrected chi connectivity index (χ2v) is 6.10. The highest BCUT2D eigenvalue weighted by molar-refractivity contribution is 5.97. The van der Waals surface area contributed by atoms with Crippen molar-refractivity contribution < 1.29 is 9.53 Å². The van der Waals surface area contributed by atoms with E-state index in [0.29, 0.717) is 12.3 Å². The zero-order valence-corrected chi connectivity index (χ0v) is 14.9.